The van der Waals surface area contributed by atoms with Gasteiger partial charge >= 0.3 is 0 Å². The van der Waals surface area contributed by atoms with Crippen LogP contribution < -0.4 is 0 Å². The van der Waals surface area contributed by atoms with E-state index in [0.717, 1.165) is 18.5 Å². The molecule has 1 aromatic carbocycles. The fourth-order valence-corrected chi connectivity index (χ4v) is 3.44. The largest absolute Gasteiger partial charge is 0.388 e. The van der Waals surface area contributed by atoms with Gasteiger partial charge in [-0.3, -0.25) is 4.79 Å². The van der Waals surface area contributed by atoms with Crippen LogP contribution in [-0.4, -0.2) is 49.1 Å². The fourth-order valence-electron chi connectivity index (χ4n) is 3.26. The zero-order valence-corrected chi connectivity index (χ0v) is 14.8. The highest BCUT2D eigenvalue weighted by Gasteiger charge is 2.40. The Morgan fingerprint density at radius 1 is 1.42 bits per heavy atom. The van der Waals surface area contributed by atoms with Crippen LogP contribution in [0.25, 0.3) is 5.69 Å². The number of nitrogens with zero attached hydrogens (tertiary/aromatic N) is 4. The molecule has 128 valence electrons. The topological polar surface area (TPSA) is 71.2 Å². The number of hydrogen-bond acceptors (Lipinski definition) is 4. The Bertz CT molecular complexity index is 766. The molecule has 2 aromatic rings. The fraction of sp³-hybridized carbons (Fsp3) is 0.471. The average molecular weight is 349 g/mol. The first-order valence-corrected chi connectivity index (χ1v) is 8.38. The number of likely N-dealkylation sites (tertiary alicyclic amines) is 1. The summed E-state index contributed by atoms with van der Waals surface area (Å²) < 4.78 is 1.61. The smallest absolute Gasteiger partial charge is 0.276 e. The third-order valence-electron chi connectivity index (χ3n) is 4.48. The van der Waals surface area contributed by atoms with E-state index in [4.69, 9.17) is 11.6 Å². The number of carbonyl (C=O) groups is 1. The maximum atomic E-state index is 12.9. The molecule has 1 fully saturated rings. The third kappa shape index (κ3) is 3.03. The predicted octanol–water partition coefficient (Wildman–Crippen LogP) is 2.60. The van der Waals surface area contributed by atoms with E-state index in [1.807, 2.05) is 19.1 Å². The molecule has 2 heterocycles. The Morgan fingerprint density at radius 3 is 2.83 bits per heavy atom. The highest BCUT2D eigenvalue weighted by Crippen LogP contribution is 2.28. The summed E-state index contributed by atoms with van der Waals surface area (Å²) in [6, 6.07) is 7.03. The summed E-state index contributed by atoms with van der Waals surface area (Å²) in [6.45, 7) is 5.90. The van der Waals surface area contributed by atoms with Crippen LogP contribution in [0.2, 0.25) is 5.02 Å². The van der Waals surface area contributed by atoms with Crippen LogP contribution in [-0.2, 0) is 0 Å². The van der Waals surface area contributed by atoms with Gasteiger partial charge in [-0.2, -0.15) is 0 Å². The second kappa shape index (κ2) is 6.18. The lowest BCUT2D eigenvalue weighted by molar-refractivity contribution is 0.0000797. The molecule has 7 heteroatoms. The Balaban J connectivity index is 1.92. The lowest BCUT2D eigenvalue weighted by Crippen LogP contribution is -2.48. The summed E-state index contributed by atoms with van der Waals surface area (Å²) in [6.07, 6.45) is 1.67. The van der Waals surface area contributed by atoms with Crippen LogP contribution in [0.4, 0.5) is 0 Å². The molecule has 24 heavy (non-hydrogen) atoms. The number of hydrogen-bond donors (Lipinski definition) is 1. The Morgan fingerprint density at radius 2 is 2.17 bits per heavy atom. The van der Waals surface area contributed by atoms with Crippen molar-refractivity contribution in [1.82, 2.24) is 19.9 Å². The van der Waals surface area contributed by atoms with Crippen molar-refractivity contribution in [2.45, 2.75) is 45.3 Å². The van der Waals surface area contributed by atoms with Gasteiger partial charge in [-0.15, -0.1) is 5.10 Å². The van der Waals surface area contributed by atoms with Crippen LogP contribution in [0.5, 0.6) is 0 Å². The number of aliphatic hydroxyl groups is 1. The first-order valence-electron chi connectivity index (χ1n) is 8.00. The van der Waals surface area contributed by atoms with E-state index in [2.05, 4.69) is 10.3 Å². The molecule has 0 bridgehead atoms. The monoisotopic (exact) mass is 348 g/mol. The molecule has 0 saturated carbocycles. The molecule has 1 N–H and O–H groups in total. The molecule has 0 radical (unpaired) electrons. The van der Waals surface area contributed by atoms with Gasteiger partial charge in [-0.1, -0.05) is 22.9 Å². The molecule has 0 aliphatic carbocycles. The molecule has 1 unspecified atom stereocenters. The quantitative estimate of drug-likeness (QED) is 0.925. The molecule has 1 aliphatic rings. The molecule has 1 saturated heterocycles. The molecule has 1 aromatic heterocycles. The van der Waals surface area contributed by atoms with Gasteiger partial charge < -0.3 is 10.0 Å². The summed E-state index contributed by atoms with van der Waals surface area (Å²) in [7, 11) is 0. The van der Waals surface area contributed by atoms with Gasteiger partial charge in [0.25, 0.3) is 5.91 Å². The average Bonchev–Trinajstić information content (AvgIpc) is 3.12. The minimum absolute atomic E-state index is 0.189. The van der Waals surface area contributed by atoms with Gasteiger partial charge in [0.05, 0.1) is 23.0 Å². The Kier molecular flexibility index (Phi) is 4.36. The number of benzene rings is 1. The molecule has 1 amide bonds. The highest BCUT2D eigenvalue weighted by atomic mass is 35.5. The van der Waals surface area contributed by atoms with Crippen LogP contribution >= 0.6 is 11.6 Å². The Hall–Kier alpha value is -1.92. The molecular formula is C17H21ClN4O2. The van der Waals surface area contributed by atoms with Crippen molar-refractivity contribution in [3.8, 4) is 5.69 Å². The van der Waals surface area contributed by atoms with Crippen molar-refractivity contribution in [3.05, 3.63) is 40.7 Å². The summed E-state index contributed by atoms with van der Waals surface area (Å²) in [5.74, 6) is -0.189. The number of aromatic nitrogens is 3. The number of rotatable bonds is 3. The zero-order valence-electron chi connectivity index (χ0n) is 14.0. The molecule has 1 aliphatic heterocycles. The summed E-state index contributed by atoms with van der Waals surface area (Å²) in [5, 5.41) is 19.1. The standard InChI is InChI=1S/C17H21ClN4O2/c1-11-15(16(23)21-9-5-8-14(21)17(2,3)24)19-20-22(11)13-7-4-6-12(18)10-13/h4,6-7,10,14,24H,5,8-9H2,1-3H3. The van der Waals surface area contributed by atoms with E-state index >= 15 is 0 Å². The van der Waals surface area contributed by atoms with E-state index in [-0.39, 0.29) is 11.9 Å². The maximum Gasteiger partial charge on any atom is 0.276 e. The van der Waals surface area contributed by atoms with Gasteiger partial charge in [0, 0.05) is 11.6 Å². The van der Waals surface area contributed by atoms with Crippen molar-refractivity contribution < 1.29 is 9.90 Å². The van der Waals surface area contributed by atoms with E-state index < -0.39 is 5.60 Å². The van der Waals surface area contributed by atoms with E-state index in [1.54, 1.807) is 35.6 Å². The van der Waals surface area contributed by atoms with Gasteiger partial charge in [0.1, 0.15) is 0 Å². The van der Waals surface area contributed by atoms with Crippen molar-refractivity contribution in [3.63, 3.8) is 0 Å². The first kappa shape index (κ1) is 16.9. The molecule has 3 rings (SSSR count). The lowest BCUT2D eigenvalue weighted by Gasteiger charge is -2.33. The van der Waals surface area contributed by atoms with Crippen LogP contribution in [0.3, 0.4) is 0 Å². The second-order valence-electron chi connectivity index (χ2n) is 6.73. The first-order chi connectivity index (χ1) is 11.3. The minimum atomic E-state index is -0.941. The van der Waals surface area contributed by atoms with E-state index in [9.17, 15) is 9.90 Å². The SMILES string of the molecule is Cc1c(C(=O)N2CCCC2C(C)(C)O)nnn1-c1cccc(Cl)c1. The van der Waals surface area contributed by atoms with Crippen molar-refractivity contribution >= 4 is 17.5 Å². The third-order valence-corrected chi connectivity index (χ3v) is 4.71. The van der Waals surface area contributed by atoms with Crippen LogP contribution in [0.15, 0.2) is 24.3 Å². The van der Waals surface area contributed by atoms with Crippen molar-refractivity contribution in [1.29, 1.82) is 0 Å². The van der Waals surface area contributed by atoms with Gasteiger partial charge in [-0.25, -0.2) is 4.68 Å². The maximum absolute atomic E-state index is 12.9. The van der Waals surface area contributed by atoms with Crippen LogP contribution in [0, 0.1) is 6.92 Å². The summed E-state index contributed by atoms with van der Waals surface area (Å²) >= 11 is 6.02. The summed E-state index contributed by atoms with van der Waals surface area (Å²) in [4.78, 5) is 14.6. The number of halogens is 1. The van der Waals surface area contributed by atoms with Gasteiger partial charge in [0.2, 0.25) is 0 Å². The zero-order chi connectivity index (χ0) is 17.5. The van der Waals surface area contributed by atoms with Gasteiger partial charge in [-0.05, 0) is 51.8 Å². The second-order valence-corrected chi connectivity index (χ2v) is 7.16. The van der Waals surface area contributed by atoms with Crippen molar-refractivity contribution in [2.75, 3.05) is 6.54 Å². The highest BCUT2D eigenvalue weighted by molar-refractivity contribution is 6.30. The van der Waals surface area contributed by atoms with E-state index in [1.165, 1.54) is 0 Å². The van der Waals surface area contributed by atoms with Crippen molar-refractivity contribution in [2.24, 2.45) is 0 Å². The Labute approximate surface area is 146 Å². The van der Waals surface area contributed by atoms with Gasteiger partial charge in [0.15, 0.2) is 5.69 Å². The summed E-state index contributed by atoms with van der Waals surface area (Å²) in [5.41, 5.74) is 0.782. The van der Waals surface area contributed by atoms with E-state index in [0.29, 0.717) is 23.0 Å². The molecule has 1 atom stereocenters. The number of amides is 1. The minimum Gasteiger partial charge on any atom is -0.388 e. The number of carbonyl (C=O) groups excluding carboxylic acids is 1. The lowest BCUT2D eigenvalue weighted by atomic mass is 9.96. The molecule has 6 nitrogen and oxygen atoms in total. The normalized spacial score (nSPS) is 18.2. The molecular weight excluding hydrogens is 328 g/mol. The predicted molar refractivity (Wildman–Crippen MR) is 91.5 cm³/mol. The molecule has 0 spiro atoms. The van der Waals surface area contributed by atoms with Crippen LogP contribution in [0.1, 0.15) is 42.9 Å².